The molecule has 1 aliphatic rings. The number of oxime groups is 1. The molecule has 0 spiro atoms. The summed E-state index contributed by atoms with van der Waals surface area (Å²) in [5, 5.41) is 13.3. The number of likely N-dealkylation sites (tertiary alicyclic amines) is 1. The van der Waals surface area contributed by atoms with Crippen molar-refractivity contribution in [2.24, 2.45) is 5.16 Å². The molecule has 0 bridgehead atoms. The van der Waals surface area contributed by atoms with E-state index in [-0.39, 0.29) is 5.91 Å². The topological polar surface area (TPSA) is 64.9 Å². The van der Waals surface area contributed by atoms with Gasteiger partial charge in [0.25, 0.3) is 5.91 Å². The predicted molar refractivity (Wildman–Crippen MR) is 53.6 cm³/mol. The van der Waals surface area contributed by atoms with Crippen LogP contribution >= 0.6 is 0 Å². The first-order valence-corrected chi connectivity index (χ1v) is 5.00. The standard InChI is InChI=1S/C9H17N3O2/c13-9(8-11-14)10-4-3-7-12-5-1-2-6-12/h8,14H,1-7H2,(H,10,13). The van der Waals surface area contributed by atoms with E-state index >= 15 is 0 Å². The lowest BCUT2D eigenvalue weighted by Gasteiger charge is -2.13. The van der Waals surface area contributed by atoms with E-state index in [0.29, 0.717) is 6.54 Å². The number of hydrogen-bond donors (Lipinski definition) is 2. The van der Waals surface area contributed by atoms with Gasteiger partial charge in [0.05, 0.1) is 0 Å². The molecule has 1 amide bonds. The molecule has 0 aliphatic carbocycles. The highest BCUT2D eigenvalue weighted by Gasteiger charge is 2.10. The molecule has 14 heavy (non-hydrogen) atoms. The molecule has 5 heteroatoms. The first-order valence-electron chi connectivity index (χ1n) is 5.00. The largest absolute Gasteiger partial charge is 0.411 e. The molecule has 1 fully saturated rings. The maximum absolute atomic E-state index is 10.8. The van der Waals surface area contributed by atoms with E-state index in [1.54, 1.807) is 0 Å². The number of hydrogen-bond acceptors (Lipinski definition) is 4. The van der Waals surface area contributed by atoms with E-state index < -0.39 is 0 Å². The van der Waals surface area contributed by atoms with E-state index in [9.17, 15) is 4.79 Å². The number of rotatable bonds is 5. The molecule has 0 aromatic rings. The molecule has 2 N–H and O–H groups in total. The minimum Gasteiger partial charge on any atom is -0.411 e. The summed E-state index contributed by atoms with van der Waals surface area (Å²) >= 11 is 0. The van der Waals surface area contributed by atoms with Gasteiger partial charge in [0, 0.05) is 6.54 Å². The molecule has 0 atom stereocenters. The Labute approximate surface area is 83.8 Å². The minimum absolute atomic E-state index is 0.339. The monoisotopic (exact) mass is 199 g/mol. The second-order valence-corrected chi connectivity index (χ2v) is 3.44. The molecule has 0 unspecified atom stereocenters. The van der Waals surface area contributed by atoms with Crippen molar-refractivity contribution in [2.45, 2.75) is 19.3 Å². The summed E-state index contributed by atoms with van der Waals surface area (Å²) in [6, 6.07) is 0. The maximum Gasteiger partial charge on any atom is 0.265 e. The van der Waals surface area contributed by atoms with Crippen LogP contribution < -0.4 is 5.32 Å². The van der Waals surface area contributed by atoms with Gasteiger partial charge in [-0.05, 0) is 38.9 Å². The van der Waals surface area contributed by atoms with Crippen LogP contribution in [0.1, 0.15) is 19.3 Å². The molecule has 5 nitrogen and oxygen atoms in total. The van der Waals surface area contributed by atoms with Gasteiger partial charge in [-0.15, -0.1) is 0 Å². The number of nitrogens with one attached hydrogen (secondary N) is 1. The van der Waals surface area contributed by atoms with Crippen molar-refractivity contribution in [1.29, 1.82) is 0 Å². The highest BCUT2D eigenvalue weighted by Crippen LogP contribution is 2.06. The smallest absolute Gasteiger partial charge is 0.265 e. The number of carbonyl (C=O) groups is 1. The molecular weight excluding hydrogens is 182 g/mol. The van der Waals surface area contributed by atoms with Crippen molar-refractivity contribution in [2.75, 3.05) is 26.2 Å². The zero-order valence-electron chi connectivity index (χ0n) is 8.28. The van der Waals surface area contributed by atoms with Crippen molar-refractivity contribution in [3.63, 3.8) is 0 Å². The maximum atomic E-state index is 10.8. The second-order valence-electron chi connectivity index (χ2n) is 3.44. The fourth-order valence-corrected chi connectivity index (χ4v) is 1.62. The highest BCUT2D eigenvalue weighted by atomic mass is 16.4. The van der Waals surface area contributed by atoms with Crippen LogP contribution in [0, 0.1) is 0 Å². The Morgan fingerprint density at radius 1 is 1.50 bits per heavy atom. The Kier molecular flexibility index (Phi) is 4.99. The van der Waals surface area contributed by atoms with Crippen LogP contribution in [0.15, 0.2) is 5.16 Å². The molecule has 0 saturated carbocycles. The van der Waals surface area contributed by atoms with Gasteiger partial charge in [-0.1, -0.05) is 5.16 Å². The lowest BCUT2D eigenvalue weighted by molar-refractivity contribution is -0.114. The van der Waals surface area contributed by atoms with Gasteiger partial charge >= 0.3 is 0 Å². The number of nitrogens with zero attached hydrogens (tertiary/aromatic N) is 2. The number of amides is 1. The van der Waals surface area contributed by atoms with Gasteiger partial charge in [0.1, 0.15) is 6.21 Å². The lowest BCUT2D eigenvalue weighted by atomic mass is 10.4. The van der Waals surface area contributed by atoms with E-state index in [0.717, 1.165) is 19.2 Å². The Hall–Kier alpha value is -1.10. The van der Waals surface area contributed by atoms with Crippen LogP contribution in [0.5, 0.6) is 0 Å². The third kappa shape index (κ3) is 4.23. The van der Waals surface area contributed by atoms with Gasteiger partial charge in [-0.3, -0.25) is 4.79 Å². The van der Waals surface area contributed by atoms with Crippen molar-refractivity contribution in [1.82, 2.24) is 10.2 Å². The zero-order valence-corrected chi connectivity index (χ0v) is 8.28. The van der Waals surface area contributed by atoms with Gasteiger partial charge in [-0.2, -0.15) is 0 Å². The average Bonchev–Trinajstić information content (AvgIpc) is 2.65. The van der Waals surface area contributed by atoms with Crippen LogP contribution in [-0.4, -0.2) is 48.4 Å². The zero-order chi connectivity index (χ0) is 10.2. The summed E-state index contributed by atoms with van der Waals surface area (Å²) in [7, 11) is 0. The molecule has 0 aromatic heterocycles. The van der Waals surface area contributed by atoms with E-state index in [1.807, 2.05) is 0 Å². The Balaban J connectivity index is 1.95. The highest BCUT2D eigenvalue weighted by molar-refractivity contribution is 6.25. The Morgan fingerprint density at radius 3 is 2.86 bits per heavy atom. The van der Waals surface area contributed by atoms with E-state index in [1.165, 1.54) is 25.9 Å². The van der Waals surface area contributed by atoms with Crippen LogP contribution in [-0.2, 0) is 4.79 Å². The minimum atomic E-state index is -0.339. The van der Waals surface area contributed by atoms with Crippen molar-refractivity contribution in [3.05, 3.63) is 0 Å². The summed E-state index contributed by atoms with van der Waals surface area (Å²) in [4.78, 5) is 13.2. The third-order valence-electron chi connectivity index (χ3n) is 2.32. The molecule has 0 aromatic carbocycles. The van der Waals surface area contributed by atoms with E-state index in [4.69, 9.17) is 5.21 Å². The molecule has 1 saturated heterocycles. The average molecular weight is 199 g/mol. The third-order valence-corrected chi connectivity index (χ3v) is 2.32. The first-order chi connectivity index (χ1) is 6.83. The van der Waals surface area contributed by atoms with Crippen molar-refractivity contribution < 1.29 is 10.0 Å². The Bertz CT molecular complexity index is 200. The van der Waals surface area contributed by atoms with Gasteiger partial charge < -0.3 is 15.4 Å². The molecular formula is C9H17N3O2. The molecule has 1 rings (SSSR count). The molecule has 80 valence electrons. The summed E-state index contributed by atoms with van der Waals surface area (Å²) < 4.78 is 0. The summed E-state index contributed by atoms with van der Waals surface area (Å²) in [6.45, 7) is 4.05. The molecule has 1 heterocycles. The van der Waals surface area contributed by atoms with E-state index in [2.05, 4.69) is 15.4 Å². The molecule has 0 radical (unpaired) electrons. The van der Waals surface area contributed by atoms with Crippen molar-refractivity contribution >= 4 is 12.1 Å². The Morgan fingerprint density at radius 2 is 2.21 bits per heavy atom. The van der Waals surface area contributed by atoms with Gasteiger partial charge in [-0.25, -0.2) is 0 Å². The predicted octanol–water partition coefficient (Wildman–Crippen LogP) is 0.0485. The van der Waals surface area contributed by atoms with Crippen LogP contribution in [0.4, 0.5) is 0 Å². The molecule has 1 aliphatic heterocycles. The first kappa shape index (κ1) is 11.0. The van der Waals surface area contributed by atoms with Crippen LogP contribution in [0.2, 0.25) is 0 Å². The summed E-state index contributed by atoms with van der Waals surface area (Å²) in [6.07, 6.45) is 4.41. The second kappa shape index (κ2) is 6.37. The number of carbonyl (C=O) groups excluding carboxylic acids is 1. The van der Waals surface area contributed by atoms with Crippen molar-refractivity contribution in [3.8, 4) is 0 Å². The van der Waals surface area contributed by atoms with Crippen LogP contribution in [0.25, 0.3) is 0 Å². The quantitative estimate of drug-likeness (QED) is 0.284. The summed E-state index contributed by atoms with van der Waals surface area (Å²) in [5.41, 5.74) is 0. The fourth-order valence-electron chi connectivity index (χ4n) is 1.62. The van der Waals surface area contributed by atoms with Gasteiger partial charge in [0.2, 0.25) is 0 Å². The SMILES string of the molecule is O=C(C=NO)NCCCN1CCCC1. The van der Waals surface area contributed by atoms with Crippen LogP contribution in [0.3, 0.4) is 0 Å². The fraction of sp³-hybridized carbons (Fsp3) is 0.778. The normalized spacial score (nSPS) is 17.7. The lowest BCUT2D eigenvalue weighted by Crippen LogP contribution is -2.29. The summed E-state index contributed by atoms with van der Waals surface area (Å²) in [5.74, 6) is -0.339. The van der Waals surface area contributed by atoms with Gasteiger partial charge in [0.15, 0.2) is 0 Å².